The van der Waals surface area contributed by atoms with Crippen molar-refractivity contribution in [2.24, 2.45) is 5.73 Å². The van der Waals surface area contributed by atoms with Crippen molar-refractivity contribution in [2.45, 2.75) is 148 Å². The molecule has 0 rings (SSSR count). The summed E-state index contributed by atoms with van der Waals surface area (Å²) < 4.78 is 32.5. The second-order valence-electron chi connectivity index (χ2n) is 13.7. The number of allylic oxidation sites excluding steroid dienone is 17. The smallest absolute Gasteiger partial charge is 0.462 e. The number of nitrogens with two attached hydrogens (primary N) is 1. The van der Waals surface area contributed by atoms with E-state index in [1.165, 1.54) is 19.3 Å². The second kappa shape index (κ2) is 41.8. The molecule has 0 saturated carbocycles. The molecule has 2 unspecified atom stereocenters. The second-order valence-corrected chi connectivity index (χ2v) is 15.1. The monoisotopic (exact) mass is 830 g/mol. The van der Waals surface area contributed by atoms with E-state index in [4.69, 9.17) is 24.3 Å². The fraction of sp³-hybridized carbons (Fsp3) is 0.574. The van der Waals surface area contributed by atoms with Crippen LogP contribution < -0.4 is 5.73 Å². The Balaban J connectivity index is 4.47. The molecular formula is C47H76NO9P. The maximum Gasteiger partial charge on any atom is 0.472 e. The third-order valence-electron chi connectivity index (χ3n) is 8.26. The van der Waals surface area contributed by atoms with Crippen LogP contribution in [0.3, 0.4) is 0 Å². The Kier molecular flexibility index (Phi) is 39.4. The van der Waals surface area contributed by atoms with Gasteiger partial charge in [0, 0.05) is 19.4 Å². The van der Waals surface area contributed by atoms with Crippen LogP contribution in [-0.2, 0) is 32.7 Å². The largest absolute Gasteiger partial charge is 0.472 e. The third kappa shape index (κ3) is 40.8. The van der Waals surface area contributed by atoms with Gasteiger partial charge in [0.1, 0.15) is 6.61 Å². The van der Waals surface area contributed by atoms with E-state index >= 15 is 0 Å². The van der Waals surface area contributed by atoms with Crippen LogP contribution in [0.1, 0.15) is 136 Å². The number of phosphoric ester groups is 1. The molecule has 0 aliphatic carbocycles. The van der Waals surface area contributed by atoms with E-state index in [2.05, 4.69) is 98.9 Å². The molecule has 0 aliphatic heterocycles. The lowest BCUT2D eigenvalue weighted by Gasteiger charge is -2.20. The summed E-state index contributed by atoms with van der Waals surface area (Å²) in [6.07, 6.45) is 51.6. The maximum absolute atomic E-state index is 12.6. The van der Waals surface area contributed by atoms with Gasteiger partial charge in [0.15, 0.2) is 6.10 Å². The maximum atomic E-state index is 12.6. The molecule has 0 aromatic rings. The number of hydrogen-bond acceptors (Lipinski definition) is 9. The van der Waals surface area contributed by atoms with Crippen molar-refractivity contribution in [2.75, 3.05) is 26.4 Å². The minimum Gasteiger partial charge on any atom is -0.462 e. The molecule has 0 saturated heterocycles. The van der Waals surface area contributed by atoms with E-state index in [1.54, 1.807) is 12.2 Å². The topological polar surface area (TPSA) is 155 Å². The van der Waals surface area contributed by atoms with Gasteiger partial charge in [-0.1, -0.05) is 149 Å². The quantitative estimate of drug-likeness (QED) is 0.0180. The summed E-state index contributed by atoms with van der Waals surface area (Å²) in [7, 11) is -4.45. The van der Waals surface area contributed by atoms with Crippen molar-refractivity contribution in [3.8, 4) is 0 Å². The number of unbranched alkanes of at least 4 members (excludes halogenated alkanes) is 7. The van der Waals surface area contributed by atoms with Gasteiger partial charge in [-0.3, -0.25) is 18.6 Å². The minimum atomic E-state index is -4.45. The Hall–Kier alpha value is -3.37. The molecule has 0 bridgehead atoms. The van der Waals surface area contributed by atoms with Crippen LogP contribution in [0.15, 0.2) is 109 Å². The van der Waals surface area contributed by atoms with E-state index in [9.17, 15) is 24.2 Å². The molecule has 0 amide bonds. The summed E-state index contributed by atoms with van der Waals surface area (Å²) in [6.45, 7) is 3.25. The summed E-state index contributed by atoms with van der Waals surface area (Å²) in [5, 5.41) is 10.3. The normalized spacial score (nSPS) is 14.9. The Bertz CT molecular complexity index is 1330. The summed E-state index contributed by atoms with van der Waals surface area (Å²) in [6, 6.07) is 0. The van der Waals surface area contributed by atoms with Crippen molar-refractivity contribution in [1.82, 2.24) is 0 Å². The zero-order valence-electron chi connectivity index (χ0n) is 35.6. The molecule has 0 heterocycles. The average Bonchev–Trinajstić information content (AvgIpc) is 3.21. The van der Waals surface area contributed by atoms with Crippen molar-refractivity contribution >= 4 is 19.8 Å². The van der Waals surface area contributed by atoms with E-state index in [0.717, 1.165) is 77.0 Å². The van der Waals surface area contributed by atoms with Crippen LogP contribution in [0.4, 0.5) is 0 Å². The molecule has 0 fully saturated rings. The number of phosphoric acid groups is 1. The lowest BCUT2D eigenvalue weighted by Crippen LogP contribution is -2.29. The number of carbonyl (C=O) groups excluding carboxylic acids is 2. The van der Waals surface area contributed by atoms with E-state index < -0.39 is 38.6 Å². The molecule has 328 valence electrons. The molecule has 0 spiro atoms. The van der Waals surface area contributed by atoms with Gasteiger partial charge in [-0.05, 0) is 83.5 Å². The van der Waals surface area contributed by atoms with Crippen molar-refractivity contribution in [3.05, 3.63) is 109 Å². The highest BCUT2D eigenvalue weighted by Crippen LogP contribution is 2.43. The van der Waals surface area contributed by atoms with Gasteiger partial charge in [0.2, 0.25) is 0 Å². The van der Waals surface area contributed by atoms with E-state index in [0.29, 0.717) is 6.42 Å². The van der Waals surface area contributed by atoms with Gasteiger partial charge in [-0.25, -0.2) is 4.57 Å². The molecule has 11 heteroatoms. The summed E-state index contributed by atoms with van der Waals surface area (Å²) in [5.74, 6) is -1.15. The van der Waals surface area contributed by atoms with Crippen molar-refractivity contribution in [3.63, 3.8) is 0 Å². The molecule has 58 heavy (non-hydrogen) atoms. The van der Waals surface area contributed by atoms with Gasteiger partial charge in [-0.2, -0.15) is 0 Å². The first kappa shape index (κ1) is 54.6. The highest BCUT2D eigenvalue weighted by Gasteiger charge is 2.26. The van der Waals surface area contributed by atoms with Gasteiger partial charge in [-0.15, -0.1) is 0 Å². The lowest BCUT2D eigenvalue weighted by atomic mass is 10.1. The molecule has 0 radical (unpaired) electrons. The predicted octanol–water partition coefficient (Wildman–Crippen LogP) is 11.4. The van der Waals surface area contributed by atoms with Crippen molar-refractivity contribution < 1.29 is 42.7 Å². The molecule has 0 aromatic heterocycles. The number of ether oxygens (including phenoxy) is 2. The number of aliphatic hydroxyl groups excluding tert-OH is 1. The van der Waals surface area contributed by atoms with Crippen LogP contribution in [-0.4, -0.2) is 60.5 Å². The van der Waals surface area contributed by atoms with Crippen LogP contribution >= 0.6 is 7.82 Å². The Morgan fingerprint density at radius 1 is 0.621 bits per heavy atom. The highest BCUT2D eigenvalue weighted by atomic mass is 31.2. The van der Waals surface area contributed by atoms with Crippen LogP contribution in [0.2, 0.25) is 0 Å². The highest BCUT2D eigenvalue weighted by molar-refractivity contribution is 7.47. The first-order chi connectivity index (χ1) is 28.2. The van der Waals surface area contributed by atoms with Gasteiger partial charge >= 0.3 is 19.8 Å². The SMILES string of the molecule is CC/C=C\C/C=C\C/C=C\C/C=C\C/C=C\C=C/C(O)CCC(=O)OC[C@H](COP(=O)(O)OCCN)OC(=O)CCCCCC/C=C\C/C=C\C/C=C\CCCCC. The molecule has 10 nitrogen and oxygen atoms in total. The number of carbonyl (C=O) groups is 2. The number of rotatable bonds is 38. The molecule has 0 aromatic carbocycles. The van der Waals surface area contributed by atoms with Crippen LogP contribution in [0, 0.1) is 0 Å². The van der Waals surface area contributed by atoms with Gasteiger partial charge < -0.3 is 25.2 Å². The van der Waals surface area contributed by atoms with Gasteiger partial charge in [0.25, 0.3) is 0 Å². The average molecular weight is 830 g/mol. The zero-order chi connectivity index (χ0) is 42.6. The third-order valence-corrected chi connectivity index (χ3v) is 9.24. The summed E-state index contributed by atoms with van der Waals surface area (Å²) in [5.41, 5.74) is 5.33. The summed E-state index contributed by atoms with van der Waals surface area (Å²) >= 11 is 0. The fourth-order valence-corrected chi connectivity index (χ4v) is 5.81. The Morgan fingerprint density at radius 2 is 1.16 bits per heavy atom. The van der Waals surface area contributed by atoms with E-state index in [-0.39, 0.29) is 39.0 Å². The first-order valence-electron chi connectivity index (χ1n) is 21.5. The lowest BCUT2D eigenvalue weighted by molar-refractivity contribution is -0.161. The van der Waals surface area contributed by atoms with Crippen LogP contribution in [0.25, 0.3) is 0 Å². The zero-order valence-corrected chi connectivity index (χ0v) is 36.5. The summed E-state index contributed by atoms with van der Waals surface area (Å²) in [4.78, 5) is 34.9. The standard InChI is InChI=1S/C47H76NO9P/c1-3-5-7-9-11-13-15-17-19-21-23-25-27-29-31-33-35-37-47(51)57-45(43-56-58(52,53)55-41-40-48)42-54-46(50)39-38-44(49)36-34-32-30-28-26-24-22-20-18-16-14-12-10-8-6-4-2/h6,8,11-14,17-20,23-26,30,32,34,36,44-45,49H,3-5,7,9-10,15-16,21-22,27-29,31,33,35,37-43,48H2,1-2H3,(H,52,53)/b8-6-,13-11-,14-12-,19-17-,20-18-,25-23-,26-24-,32-30-,36-34-/t44?,45-/m1/s1. The van der Waals surface area contributed by atoms with Gasteiger partial charge in [0.05, 0.1) is 19.3 Å². The fourth-order valence-electron chi connectivity index (χ4n) is 5.04. The Morgan fingerprint density at radius 3 is 1.72 bits per heavy atom. The number of esters is 2. The minimum absolute atomic E-state index is 0.0122. The van der Waals surface area contributed by atoms with Crippen molar-refractivity contribution in [1.29, 1.82) is 0 Å². The molecular weight excluding hydrogens is 753 g/mol. The molecule has 0 aliphatic rings. The van der Waals surface area contributed by atoms with Crippen LogP contribution in [0.5, 0.6) is 0 Å². The first-order valence-corrected chi connectivity index (χ1v) is 23.0. The molecule has 3 atom stereocenters. The van der Waals surface area contributed by atoms with E-state index in [1.807, 2.05) is 12.2 Å². The number of hydrogen-bond donors (Lipinski definition) is 3. The Labute approximate surface area is 351 Å². The molecule has 4 N–H and O–H groups in total. The predicted molar refractivity (Wildman–Crippen MR) is 239 cm³/mol. The number of aliphatic hydroxyl groups is 1.